The summed E-state index contributed by atoms with van der Waals surface area (Å²) in [6.45, 7) is 5.26. The van der Waals surface area contributed by atoms with Gasteiger partial charge in [-0.1, -0.05) is 6.08 Å². The first kappa shape index (κ1) is 8.21. The molecule has 0 heterocycles. The topological polar surface area (TPSA) is 26.3 Å². The first-order valence-electron chi connectivity index (χ1n) is 2.76. The Kier molecular flexibility index (Phi) is 3.76. The molecule has 0 spiro atoms. The van der Waals surface area contributed by atoms with Gasteiger partial charge >= 0.3 is 5.97 Å². The largest absolute Gasteiger partial charge is 0.466 e. The minimum Gasteiger partial charge on any atom is -0.466 e. The van der Waals surface area contributed by atoms with Crippen molar-refractivity contribution in [2.75, 3.05) is 7.11 Å². The van der Waals surface area contributed by atoms with Crippen LogP contribution >= 0.6 is 0 Å². The summed E-state index contributed by atoms with van der Waals surface area (Å²) in [6.07, 6.45) is 2.35. The summed E-state index contributed by atoms with van der Waals surface area (Å²) in [5.41, 5.74) is 0.618. The third-order valence-electron chi connectivity index (χ3n) is 0.958. The van der Waals surface area contributed by atoms with E-state index in [0.717, 1.165) is 0 Å². The molecule has 0 saturated carbocycles. The minimum absolute atomic E-state index is 0.279. The lowest BCUT2D eigenvalue weighted by atomic mass is 10.2. The van der Waals surface area contributed by atoms with E-state index in [4.69, 9.17) is 0 Å². The number of ether oxygens (including phenoxy) is 1. The molecule has 9 heavy (non-hydrogen) atoms. The van der Waals surface area contributed by atoms with Crippen LogP contribution < -0.4 is 0 Å². The molecule has 0 aromatic carbocycles. The summed E-state index contributed by atoms with van der Waals surface area (Å²) in [4.78, 5) is 10.6. The maximum Gasteiger partial charge on any atom is 0.333 e. The van der Waals surface area contributed by atoms with Gasteiger partial charge < -0.3 is 4.74 Å². The summed E-state index contributed by atoms with van der Waals surface area (Å²) in [6, 6.07) is 0. The van der Waals surface area contributed by atoms with Crippen LogP contribution in [0.25, 0.3) is 0 Å². The summed E-state index contributed by atoms with van der Waals surface area (Å²) in [5.74, 6) is -0.279. The zero-order valence-corrected chi connectivity index (χ0v) is 5.81. The van der Waals surface area contributed by atoms with E-state index in [-0.39, 0.29) is 5.97 Å². The Labute approximate surface area is 55.5 Å². The SMILES string of the molecule is [CH2]CC=C(C)C(=O)OC. The van der Waals surface area contributed by atoms with E-state index in [2.05, 4.69) is 11.7 Å². The molecule has 0 amide bonds. The number of carbonyl (C=O) groups excluding carboxylic acids is 1. The number of methoxy groups -OCH3 is 1. The van der Waals surface area contributed by atoms with Crippen molar-refractivity contribution in [3.8, 4) is 0 Å². The second-order valence-corrected chi connectivity index (χ2v) is 1.67. The van der Waals surface area contributed by atoms with E-state index in [0.29, 0.717) is 12.0 Å². The normalized spacial score (nSPS) is 11.2. The molecule has 0 aromatic rings. The molecule has 0 bridgehead atoms. The molecule has 0 aliphatic rings. The summed E-state index contributed by atoms with van der Waals surface area (Å²) in [7, 11) is 1.36. The highest BCUT2D eigenvalue weighted by Crippen LogP contribution is 1.95. The van der Waals surface area contributed by atoms with Gasteiger partial charge in [0, 0.05) is 5.57 Å². The van der Waals surface area contributed by atoms with Crippen molar-refractivity contribution in [3.63, 3.8) is 0 Å². The van der Waals surface area contributed by atoms with Gasteiger partial charge in [0.15, 0.2) is 0 Å². The minimum atomic E-state index is -0.279. The van der Waals surface area contributed by atoms with Crippen molar-refractivity contribution < 1.29 is 9.53 Å². The predicted molar refractivity (Wildman–Crippen MR) is 35.7 cm³/mol. The third-order valence-corrected chi connectivity index (χ3v) is 0.958. The van der Waals surface area contributed by atoms with Crippen LogP contribution in [-0.4, -0.2) is 13.1 Å². The Morgan fingerprint density at radius 1 is 1.78 bits per heavy atom. The Balaban J connectivity index is 3.86. The fraction of sp³-hybridized carbons (Fsp3) is 0.429. The fourth-order valence-corrected chi connectivity index (χ4v) is 0.461. The highest BCUT2D eigenvalue weighted by atomic mass is 16.5. The summed E-state index contributed by atoms with van der Waals surface area (Å²) in [5, 5.41) is 0. The van der Waals surface area contributed by atoms with Gasteiger partial charge in [-0.15, -0.1) is 0 Å². The lowest BCUT2D eigenvalue weighted by Crippen LogP contribution is -2.00. The van der Waals surface area contributed by atoms with Crippen molar-refractivity contribution in [2.24, 2.45) is 0 Å². The highest BCUT2D eigenvalue weighted by molar-refractivity contribution is 5.87. The third kappa shape index (κ3) is 2.90. The molecule has 0 fully saturated rings. The van der Waals surface area contributed by atoms with Crippen LogP contribution in [-0.2, 0) is 9.53 Å². The molecule has 51 valence electrons. The first-order chi connectivity index (χ1) is 4.22. The molecule has 0 N–H and O–H groups in total. The van der Waals surface area contributed by atoms with Crippen molar-refractivity contribution in [3.05, 3.63) is 18.6 Å². The molecule has 0 atom stereocenters. The highest BCUT2D eigenvalue weighted by Gasteiger charge is 1.99. The van der Waals surface area contributed by atoms with Crippen LogP contribution in [0.4, 0.5) is 0 Å². The maximum absolute atomic E-state index is 10.6. The van der Waals surface area contributed by atoms with E-state index < -0.39 is 0 Å². The van der Waals surface area contributed by atoms with Crippen LogP contribution in [0.3, 0.4) is 0 Å². The molecule has 0 aliphatic carbocycles. The van der Waals surface area contributed by atoms with E-state index in [1.807, 2.05) is 0 Å². The zero-order valence-electron chi connectivity index (χ0n) is 5.81. The van der Waals surface area contributed by atoms with Gasteiger partial charge in [-0.25, -0.2) is 4.79 Å². The number of carbonyl (C=O) groups is 1. The molecule has 2 nitrogen and oxygen atoms in total. The van der Waals surface area contributed by atoms with Crippen LogP contribution in [0.2, 0.25) is 0 Å². The Morgan fingerprint density at radius 2 is 2.33 bits per heavy atom. The molecule has 0 saturated heterocycles. The smallest absolute Gasteiger partial charge is 0.333 e. The van der Waals surface area contributed by atoms with E-state index in [1.54, 1.807) is 13.0 Å². The quantitative estimate of drug-likeness (QED) is 0.413. The Hall–Kier alpha value is -0.790. The fourth-order valence-electron chi connectivity index (χ4n) is 0.461. The summed E-state index contributed by atoms with van der Waals surface area (Å²) >= 11 is 0. The van der Waals surface area contributed by atoms with Crippen LogP contribution in [0.5, 0.6) is 0 Å². The van der Waals surface area contributed by atoms with Crippen molar-refractivity contribution in [2.45, 2.75) is 13.3 Å². The van der Waals surface area contributed by atoms with Crippen LogP contribution in [0.1, 0.15) is 13.3 Å². The zero-order chi connectivity index (χ0) is 7.28. The van der Waals surface area contributed by atoms with Crippen molar-refractivity contribution >= 4 is 5.97 Å². The monoisotopic (exact) mass is 127 g/mol. The lowest BCUT2D eigenvalue weighted by Gasteiger charge is -1.95. The Bertz CT molecular complexity index is 125. The van der Waals surface area contributed by atoms with E-state index >= 15 is 0 Å². The van der Waals surface area contributed by atoms with Gasteiger partial charge in [-0.2, -0.15) is 0 Å². The van der Waals surface area contributed by atoms with Crippen LogP contribution in [0, 0.1) is 6.92 Å². The van der Waals surface area contributed by atoms with Crippen LogP contribution in [0.15, 0.2) is 11.6 Å². The number of rotatable bonds is 2. The van der Waals surface area contributed by atoms with Gasteiger partial charge in [-0.3, -0.25) is 0 Å². The van der Waals surface area contributed by atoms with E-state index in [9.17, 15) is 4.79 Å². The van der Waals surface area contributed by atoms with E-state index in [1.165, 1.54) is 7.11 Å². The Morgan fingerprint density at radius 3 is 2.67 bits per heavy atom. The van der Waals surface area contributed by atoms with Gasteiger partial charge in [0.2, 0.25) is 0 Å². The summed E-state index contributed by atoms with van der Waals surface area (Å²) < 4.78 is 4.43. The molecule has 2 heteroatoms. The van der Waals surface area contributed by atoms with Gasteiger partial charge in [0.1, 0.15) is 0 Å². The lowest BCUT2D eigenvalue weighted by molar-refractivity contribution is -0.136. The average Bonchev–Trinajstić information content (AvgIpc) is 1.87. The maximum atomic E-state index is 10.6. The standard InChI is InChI=1S/C7H11O2/c1-4-5-6(2)7(8)9-3/h5H,1,4H2,2-3H3. The molecule has 1 radical (unpaired) electrons. The van der Waals surface area contributed by atoms with Crippen molar-refractivity contribution in [1.82, 2.24) is 0 Å². The molecular formula is C7H11O2. The number of allylic oxidation sites excluding steroid dienone is 1. The number of hydrogen-bond donors (Lipinski definition) is 0. The average molecular weight is 127 g/mol. The molecule has 0 aromatic heterocycles. The molecular weight excluding hydrogens is 116 g/mol. The number of esters is 1. The van der Waals surface area contributed by atoms with Gasteiger partial charge in [-0.05, 0) is 20.3 Å². The molecule has 0 rings (SSSR count). The second-order valence-electron chi connectivity index (χ2n) is 1.67. The van der Waals surface area contributed by atoms with Crippen molar-refractivity contribution in [1.29, 1.82) is 0 Å². The first-order valence-corrected chi connectivity index (χ1v) is 2.76. The van der Waals surface area contributed by atoms with Gasteiger partial charge in [0.05, 0.1) is 7.11 Å². The predicted octanol–water partition coefficient (Wildman–Crippen LogP) is 1.33. The number of hydrogen-bond acceptors (Lipinski definition) is 2. The molecule has 0 aliphatic heterocycles. The second kappa shape index (κ2) is 4.13. The molecule has 0 unspecified atom stereocenters. The van der Waals surface area contributed by atoms with Gasteiger partial charge in [0.25, 0.3) is 0 Å².